The number of aliphatic hydroxyl groups excluding tert-OH is 1. The Bertz CT molecular complexity index is 311. The van der Waals surface area contributed by atoms with Crippen molar-refractivity contribution in [3.05, 3.63) is 17.3 Å². The van der Waals surface area contributed by atoms with Gasteiger partial charge in [-0.05, 0) is 18.0 Å². The first kappa shape index (κ1) is 11.1. The molecule has 1 heterocycles. The topological polar surface area (TPSA) is 58.0 Å². The lowest BCUT2D eigenvalue weighted by Gasteiger charge is -2.10. The van der Waals surface area contributed by atoms with Crippen LogP contribution in [0.1, 0.15) is 13.3 Å². The molecule has 0 aliphatic carbocycles. The average molecular weight is 220 g/mol. The van der Waals surface area contributed by atoms with Crippen LogP contribution >= 0.6 is 11.6 Å². The van der Waals surface area contributed by atoms with E-state index in [1.54, 1.807) is 0 Å². The van der Waals surface area contributed by atoms with Crippen LogP contribution in [0.2, 0.25) is 5.28 Å². The van der Waals surface area contributed by atoms with Gasteiger partial charge in [0.15, 0.2) is 11.6 Å². The molecule has 0 aromatic carbocycles. The van der Waals surface area contributed by atoms with Gasteiger partial charge in [0.2, 0.25) is 5.28 Å². The standard InChI is InChI=1S/C8H11ClFN3O/c1-2-5(14)3-11-7-6(10)4-12-8(9)13-7/h4-5,14H,2-3H2,1H3,(H,11,12,13). The number of hydrogen-bond acceptors (Lipinski definition) is 4. The van der Waals surface area contributed by atoms with Gasteiger partial charge in [-0.1, -0.05) is 6.92 Å². The second-order valence-corrected chi connectivity index (χ2v) is 3.12. The molecule has 2 N–H and O–H groups in total. The summed E-state index contributed by atoms with van der Waals surface area (Å²) in [5, 5.41) is 11.8. The van der Waals surface area contributed by atoms with Crippen LogP contribution < -0.4 is 5.32 Å². The molecule has 1 rings (SSSR count). The minimum absolute atomic E-state index is 0.0116. The van der Waals surface area contributed by atoms with E-state index in [4.69, 9.17) is 11.6 Å². The van der Waals surface area contributed by atoms with Crippen molar-refractivity contribution in [2.75, 3.05) is 11.9 Å². The van der Waals surface area contributed by atoms with Crippen LogP contribution in [-0.4, -0.2) is 27.7 Å². The number of aromatic nitrogens is 2. The first-order chi connectivity index (χ1) is 6.63. The zero-order valence-electron chi connectivity index (χ0n) is 7.67. The predicted molar refractivity (Wildman–Crippen MR) is 51.8 cm³/mol. The van der Waals surface area contributed by atoms with E-state index >= 15 is 0 Å². The summed E-state index contributed by atoms with van der Waals surface area (Å²) in [6.45, 7) is 2.07. The fourth-order valence-corrected chi connectivity index (χ4v) is 0.962. The van der Waals surface area contributed by atoms with E-state index in [0.29, 0.717) is 6.42 Å². The molecule has 0 aliphatic rings. The lowest BCUT2D eigenvalue weighted by Crippen LogP contribution is -2.19. The molecule has 0 radical (unpaired) electrons. The Labute approximate surface area is 86.1 Å². The van der Waals surface area contributed by atoms with Crippen molar-refractivity contribution in [3.63, 3.8) is 0 Å². The molecule has 0 aliphatic heterocycles. The van der Waals surface area contributed by atoms with Crippen molar-refractivity contribution >= 4 is 17.4 Å². The van der Waals surface area contributed by atoms with Crippen molar-refractivity contribution in [2.45, 2.75) is 19.4 Å². The van der Waals surface area contributed by atoms with Crippen LogP contribution in [0, 0.1) is 5.82 Å². The Morgan fingerprint density at radius 2 is 2.43 bits per heavy atom. The number of nitrogens with one attached hydrogen (secondary N) is 1. The minimum atomic E-state index is -0.585. The van der Waals surface area contributed by atoms with Crippen molar-refractivity contribution in [2.24, 2.45) is 0 Å². The maximum absolute atomic E-state index is 13.0. The Balaban J connectivity index is 2.62. The quantitative estimate of drug-likeness (QED) is 0.753. The fraction of sp³-hybridized carbons (Fsp3) is 0.500. The molecular weight excluding hydrogens is 209 g/mol. The monoisotopic (exact) mass is 219 g/mol. The van der Waals surface area contributed by atoms with Gasteiger partial charge in [-0.2, -0.15) is 4.98 Å². The van der Waals surface area contributed by atoms with E-state index in [1.807, 2.05) is 6.92 Å². The summed E-state index contributed by atoms with van der Waals surface area (Å²) < 4.78 is 13.0. The lowest BCUT2D eigenvalue weighted by atomic mass is 10.3. The van der Waals surface area contributed by atoms with Crippen molar-refractivity contribution in [1.29, 1.82) is 0 Å². The molecule has 0 bridgehead atoms. The van der Waals surface area contributed by atoms with E-state index in [2.05, 4.69) is 15.3 Å². The molecule has 0 fully saturated rings. The fourth-order valence-electron chi connectivity index (χ4n) is 0.828. The highest BCUT2D eigenvalue weighted by atomic mass is 35.5. The van der Waals surface area contributed by atoms with E-state index < -0.39 is 11.9 Å². The predicted octanol–water partition coefficient (Wildman–Crippen LogP) is 1.45. The number of rotatable bonds is 4. The zero-order valence-corrected chi connectivity index (χ0v) is 8.42. The number of anilines is 1. The molecular formula is C8H11ClFN3O. The first-order valence-corrected chi connectivity index (χ1v) is 4.61. The number of halogens is 2. The summed E-state index contributed by atoms with van der Waals surface area (Å²) in [6.07, 6.45) is 1.05. The normalized spacial score (nSPS) is 12.6. The zero-order chi connectivity index (χ0) is 10.6. The summed E-state index contributed by atoms with van der Waals surface area (Å²) in [7, 11) is 0. The summed E-state index contributed by atoms with van der Waals surface area (Å²) in [4.78, 5) is 7.10. The second kappa shape index (κ2) is 5.07. The van der Waals surface area contributed by atoms with Crippen molar-refractivity contribution < 1.29 is 9.50 Å². The molecule has 6 heteroatoms. The van der Waals surface area contributed by atoms with Crippen LogP contribution in [0.25, 0.3) is 0 Å². The highest BCUT2D eigenvalue weighted by molar-refractivity contribution is 6.28. The maximum atomic E-state index is 13.0. The maximum Gasteiger partial charge on any atom is 0.224 e. The van der Waals surface area contributed by atoms with E-state index in [9.17, 15) is 9.50 Å². The van der Waals surface area contributed by atoms with Crippen LogP contribution in [0.4, 0.5) is 10.2 Å². The van der Waals surface area contributed by atoms with Gasteiger partial charge < -0.3 is 10.4 Å². The molecule has 14 heavy (non-hydrogen) atoms. The third-order valence-corrected chi connectivity index (χ3v) is 1.87. The van der Waals surface area contributed by atoms with Gasteiger partial charge in [0.25, 0.3) is 0 Å². The van der Waals surface area contributed by atoms with Gasteiger partial charge in [0.05, 0.1) is 12.3 Å². The van der Waals surface area contributed by atoms with Gasteiger partial charge in [-0.15, -0.1) is 0 Å². The van der Waals surface area contributed by atoms with Crippen LogP contribution in [0.5, 0.6) is 0 Å². The highest BCUT2D eigenvalue weighted by Gasteiger charge is 2.07. The first-order valence-electron chi connectivity index (χ1n) is 4.23. The molecule has 1 aromatic rings. The number of hydrogen-bond donors (Lipinski definition) is 2. The second-order valence-electron chi connectivity index (χ2n) is 2.78. The van der Waals surface area contributed by atoms with Crippen LogP contribution in [0.3, 0.4) is 0 Å². The Morgan fingerprint density at radius 3 is 3.07 bits per heavy atom. The number of nitrogens with zero attached hydrogens (tertiary/aromatic N) is 2. The molecule has 1 aromatic heterocycles. The van der Waals surface area contributed by atoms with Gasteiger partial charge in [0.1, 0.15) is 0 Å². The molecule has 0 saturated heterocycles. The lowest BCUT2D eigenvalue weighted by molar-refractivity contribution is 0.183. The van der Waals surface area contributed by atoms with Gasteiger partial charge in [-0.25, -0.2) is 9.37 Å². The third kappa shape index (κ3) is 3.08. The molecule has 4 nitrogen and oxygen atoms in total. The number of aliphatic hydroxyl groups is 1. The van der Waals surface area contributed by atoms with Crippen molar-refractivity contribution in [3.8, 4) is 0 Å². The molecule has 0 spiro atoms. The van der Waals surface area contributed by atoms with E-state index in [1.165, 1.54) is 0 Å². The van der Waals surface area contributed by atoms with E-state index in [0.717, 1.165) is 6.20 Å². The molecule has 78 valence electrons. The highest BCUT2D eigenvalue weighted by Crippen LogP contribution is 2.11. The van der Waals surface area contributed by atoms with Crippen LogP contribution in [-0.2, 0) is 0 Å². The summed E-state index contributed by atoms with van der Waals surface area (Å²) >= 11 is 5.47. The van der Waals surface area contributed by atoms with Gasteiger partial charge >= 0.3 is 0 Å². The van der Waals surface area contributed by atoms with Crippen molar-refractivity contribution in [1.82, 2.24) is 9.97 Å². The SMILES string of the molecule is CCC(O)CNc1nc(Cl)ncc1F. The third-order valence-electron chi connectivity index (χ3n) is 1.69. The molecule has 1 atom stereocenters. The summed E-state index contributed by atoms with van der Waals surface area (Å²) in [5.74, 6) is -0.574. The van der Waals surface area contributed by atoms with Gasteiger partial charge in [0, 0.05) is 6.54 Å². The Morgan fingerprint density at radius 1 is 1.71 bits per heavy atom. The molecule has 1 unspecified atom stereocenters. The summed E-state index contributed by atoms with van der Waals surface area (Å²) in [5.41, 5.74) is 0. The molecule has 0 amide bonds. The largest absolute Gasteiger partial charge is 0.391 e. The Kier molecular flexibility index (Phi) is 4.03. The Hall–Kier alpha value is -0.940. The van der Waals surface area contributed by atoms with Crippen LogP contribution in [0.15, 0.2) is 6.20 Å². The average Bonchev–Trinajstić information content (AvgIpc) is 2.19. The van der Waals surface area contributed by atoms with E-state index in [-0.39, 0.29) is 17.6 Å². The minimum Gasteiger partial charge on any atom is -0.391 e. The molecule has 0 saturated carbocycles. The summed E-state index contributed by atoms with van der Waals surface area (Å²) in [6, 6.07) is 0. The smallest absolute Gasteiger partial charge is 0.224 e. The van der Waals surface area contributed by atoms with Gasteiger partial charge in [-0.3, -0.25) is 0 Å².